The maximum absolute atomic E-state index is 12.4. The van der Waals surface area contributed by atoms with Gasteiger partial charge in [-0.3, -0.25) is 9.79 Å². The van der Waals surface area contributed by atoms with Gasteiger partial charge in [-0.1, -0.05) is 38.8 Å². The molecule has 1 saturated heterocycles. The number of rotatable bonds is 10. The Bertz CT molecular complexity index is 625. The number of hydrogen-bond acceptors (Lipinski definition) is 3. The molecule has 0 aliphatic carbocycles. The molecule has 1 aromatic carbocycles. The fourth-order valence-corrected chi connectivity index (χ4v) is 3.23. The molecule has 1 atom stereocenters. The summed E-state index contributed by atoms with van der Waals surface area (Å²) in [6, 6.07) is 7.70. The zero-order valence-corrected chi connectivity index (χ0v) is 17.6. The van der Waals surface area contributed by atoms with Crippen LogP contribution in [0.25, 0.3) is 0 Å². The molecule has 1 fully saturated rings. The van der Waals surface area contributed by atoms with Gasteiger partial charge in [0, 0.05) is 38.9 Å². The third-order valence-corrected chi connectivity index (χ3v) is 4.89. The van der Waals surface area contributed by atoms with Gasteiger partial charge in [0.05, 0.1) is 6.10 Å². The third kappa shape index (κ3) is 8.30. The lowest BCUT2D eigenvalue weighted by Gasteiger charge is -2.13. The van der Waals surface area contributed by atoms with Crippen molar-refractivity contribution < 1.29 is 9.53 Å². The number of nitrogens with zero attached hydrogens (tertiary/aromatic N) is 1. The van der Waals surface area contributed by atoms with Crippen molar-refractivity contribution in [2.75, 3.05) is 26.7 Å². The number of unbranched alkanes of at least 4 members (excludes halogenated alkanes) is 1. The first-order chi connectivity index (χ1) is 13.6. The summed E-state index contributed by atoms with van der Waals surface area (Å²) in [5, 5.41) is 9.63. The number of amides is 1. The molecule has 156 valence electrons. The summed E-state index contributed by atoms with van der Waals surface area (Å²) in [5.74, 6) is 1.50. The predicted octanol–water partition coefficient (Wildman–Crippen LogP) is 3.09. The van der Waals surface area contributed by atoms with Crippen LogP contribution in [-0.4, -0.2) is 44.7 Å². The van der Waals surface area contributed by atoms with Crippen LogP contribution in [0.5, 0.6) is 0 Å². The van der Waals surface area contributed by atoms with E-state index in [1.807, 2.05) is 24.3 Å². The van der Waals surface area contributed by atoms with Crippen molar-refractivity contribution in [3.8, 4) is 0 Å². The highest BCUT2D eigenvalue weighted by Crippen LogP contribution is 2.11. The van der Waals surface area contributed by atoms with E-state index in [9.17, 15) is 4.79 Å². The number of hydrogen-bond donors (Lipinski definition) is 3. The Balaban J connectivity index is 1.73. The highest BCUT2D eigenvalue weighted by Gasteiger charge is 2.16. The van der Waals surface area contributed by atoms with Crippen molar-refractivity contribution >= 4 is 11.9 Å². The minimum Gasteiger partial charge on any atom is -0.376 e. The number of carbonyl (C=O) groups excluding carboxylic acids is 1. The van der Waals surface area contributed by atoms with Crippen molar-refractivity contribution in [1.82, 2.24) is 16.0 Å². The Morgan fingerprint density at radius 3 is 2.82 bits per heavy atom. The number of guanidine groups is 1. The van der Waals surface area contributed by atoms with E-state index in [1.165, 1.54) is 12.8 Å². The molecule has 3 N–H and O–H groups in total. The first-order valence-electron chi connectivity index (χ1n) is 10.5. The normalized spacial score (nSPS) is 17.0. The molecule has 6 heteroatoms. The molecule has 1 heterocycles. The first kappa shape index (κ1) is 22.2. The van der Waals surface area contributed by atoms with Crippen LogP contribution in [0.4, 0.5) is 0 Å². The van der Waals surface area contributed by atoms with Gasteiger partial charge in [-0.15, -0.1) is 0 Å². The van der Waals surface area contributed by atoms with E-state index < -0.39 is 0 Å². The lowest BCUT2D eigenvalue weighted by molar-refractivity contribution is 0.0857. The van der Waals surface area contributed by atoms with Gasteiger partial charge < -0.3 is 20.7 Å². The van der Waals surface area contributed by atoms with Crippen molar-refractivity contribution in [3.05, 3.63) is 35.4 Å². The molecule has 1 aliphatic rings. The van der Waals surface area contributed by atoms with Crippen LogP contribution < -0.4 is 16.0 Å². The Morgan fingerprint density at radius 2 is 2.11 bits per heavy atom. The molecule has 0 aromatic heterocycles. The summed E-state index contributed by atoms with van der Waals surface area (Å²) in [6.07, 6.45) is 5.88. The van der Waals surface area contributed by atoms with E-state index >= 15 is 0 Å². The summed E-state index contributed by atoms with van der Waals surface area (Å²) in [5.41, 5.74) is 1.72. The largest absolute Gasteiger partial charge is 0.376 e. The van der Waals surface area contributed by atoms with Crippen LogP contribution in [0.3, 0.4) is 0 Å². The molecule has 0 saturated carbocycles. The average Bonchev–Trinajstić information content (AvgIpc) is 3.22. The maximum Gasteiger partial charge on any atom is 0.251 e. The minimum atomic E-state index is -0.0509. The summed E-state index contributed by atoms with van der Waals surface area (Å²) in [7, 11) is 1.78. The summed E-state index contributed by atoms with van der Waals surface area (Å²) in [6.45, 7) is 7.43. The smallest absolute Gasteiger partial charge is 0.251 e. The number of nitrogens with one attached hydrogen (secondary N) is 3. The Labute approximate surface area is 169 Å². The van der Waals surface area contributed by atoms with Gasteiger partial charge in [0.25, 0.3) is 5.91 Å². The lowest BCUT2D eigenvalue weighted by Crippen LogP contribution is -2.37. The van der Waals surface area contributed by atoms with Crippen LogP contribution in [0.15, 0.2) is 29.3 Å². The van der Waals surface area contributed by atoms with Gasteiger partial charge in [-0.2, -0.15) is 0 Å². The number of ether oxygens (including phenoxy) is 1. The van der Waals surface area contributed by atoms with Crippen LogP contribution >= 0.6 is 0 Å². The van der Waals surface area contributed by atoms with E-state index in [4.69, 9.17) is 4.74 Å². The first-order valence-corrected chi connectivity index (χ1v) is 10.5. The third-order valence-electron chi connectivity index (χ3n) is 4.89. The fraction of sp³-hybridized carbons (Fsp3) is 0.636. The van der Waals surface area contributed by atoms with E-state index in [0.717, 1.165) is 49.9 Å². The van der Waals surface area contributed by atoms with Crippen LogP contribution in [0.1, 0.15) is 61.9 Å². The predicted molar refractivity (Wildman–Crippen MR) is 115 cm³/mol. The van der Waals surface area contributed by atoms with Gasteiger partial charge in [-0.05, 0) is 42.9 Å². The quantitative estimate of drug-likeness (QED) is 0.327. The summed E-state index contributed by atoms with van der Waals surface area (Å²) >= 11 is 0. The number of carbonyl (C=O) groups is 1. The highest BCUT2D eigenvalue weighted by atomic mass is 16.5. The molecule has 6 nitrogen and oxygen atoms in total. The molecule has 28 heavy (non-hydrogen) atoms. The molecule has 0 bridgehead atoms. The van der Waals surface area contributed by atoms with Crippen molar-refractivity contribution in [1.29, 1.82) is 0 Å². The lowest BCUT2D eigenvalue weighted by atomic mass is 10.1. The van der Waals surface area contributed by atoms with Gasteiger partial charge in [0.2, 0.25) is 0 Å². The van der Waals surface area contributed by atoms with E-state index in [0.29, 0.717) is 18.7 Å². The Hall–Kier alpha value is -2.08. The van der Waals surface area contributed by atoms with Crippen LogP contribution in [-0.2, 0) is 11.3 Å². The fourth-order valence-electron chi connectivity index (χ4n) is 3.23. The SMILES string of the molecule is CN=C(NCCCCC(C)C)NCc1cccc(C(=O)NCC2CCCO2)c1. The van der Waals surface area contributed by atoms with Crippen LogP contribution in [0, 0.1) is 5.92 Å². The topological polar surface area (TPSA) is 74.8 Å². The van der Waals surface area contributed by atoms with Crippen molar-refractivity contribution in [3.63, 3.8) is 0 Å². The van der Waals surface area contributed by atoms with Crippen molar-refractivity contribution in [2.24, 2.45) is 10.9 Å². The van der Waals surface area contributed by atoms with E-state index in [-0.39, 0.29) is 12.0 Å². The second kappa shape index (κ2) is 12.4. The molecular formula is C22H36N4O2. The average molecular weight is 389 g/mol. The second-order valence-corrected chi connectivity index (χ2v) is 7.79. The van der Waals surface area contributed by atoms with Gasteiger partial charge in [0.1, 0.15) is 0 Å². The molecule has 1 aliphatic heterocycles. The zero-order valence-electron chi connectivity index (χ0n) is 17.6. The molecule has 0 radical (unpaired) electrons. The summed E-state index contributed by atoms with van der Waals surface area (Å²) in [4.78, 5) is 16.6. The van der Waals surface area contributed by atoms with E-state index in [2.05, 4.69) is 34.8 Å². The number of benzene rings is 1. The van der Waals surface area contributed by atoms with Gasteiger partial charge >= 0.3 is 0 Å². The minimum absolute atomic E-state index is 0.0509. The molecule has 2 rings (SSSR count). The highest BCUT2D eigenvalue weighted by molar-refractivity contribution is 5.94. The molecule has 1 amide bonds. The molecular weight excluding hydrogens is 352 g/mol. The Morgan fingerprint density at radius 1 is 1.25 bits per heavy atom. The van der Waals surface area contributed by atoms with Crippen molar-refractivity contribution in [2.45, 2.75) is 58.6 Å². The van der Waals surface area contributed by atoms with Gasteiger partial charge in [0.15, 0.2) is 5.96 Å². The molecule has 1 unspecified atom stereocenters. The standard InChI is InChI=1S/C22H36N4O2/c1-17(2)8-4-5-12-24-22(23-3)26-15-18-9-6-10-19(14-18)21(27)25-16-20-11-7-13-28-20/h6,9-10,14,17,20H,4-5,7-8,11-13,15-16H2,1-3H3,(H,25,27)(H2,23,24,26). The molecule has 1 aromatic rings. The second-order valence-electron chi connectivity index (χ2n) is 7.79. The number of aliphatic imine (C=N–C) groups is 1. The van der Waals surface area contributed by atoms with E-state index in [1.54, 1.807) is 7.05 Å². The van der Waals surface area contributed by atoms with Crippen LogP contribution in [0.2, 0.25) is 0 Å². The zero-order chi connectivity index (χ0) is 20.2. The molecule has 0 spiro atoms. The maximum atomic E-state index is 12.4. The van der Waals surface area contributed by atoms with Gasteiger partial charge in [-0.25, -0.2) is 0 Å². The summed E-state index contributed by atoms with van der Waals surface area (Å²) < 4.78 is 5.55. The Kier molecular flexibility index (Phi) is 9.83. The monoisotopic (exact) mass is 388 g/mol.